The summed E-state index contributed by atoms with van der Waals surface area (Å²) in [6.07, 6.45) is 3.19. The van der Waals surface area contributed by atoms with Crippen molar-refractivity contribution in [2.24, 2.45) is 5.73 Å². The van der Waals surface area contributed by atoms with Gasteiger partial charge >= 0.3 is 0 Å². The van der Waals surface area contributed by atoms with Crippen LogP contribution in [0.5, 0.6) is 5.75 Å². The van der Waals surface area contributed by atoms with Crippen LogP contribution in [0.25, 0.3) is 0 Å². The normalized spacial score (nSPS) is 12.5. The van der Waals surface area contributed by atoms with E-state index < -0.39 is 6.04 Å². The van der Waals surface area contributed by atoms with Gasteiger partial charge in [0.05, 0.1) is 6.04 Å². The summed E-state index contributed by atoms with van der Waals surface area (Å²) >= 11 is 2.07. The summed E-state index contributed by atoms with van der Waals surface area (Å²) in [6.45, 7) is 3.52. The Morgan fingerprint density at radius 2 is 2.42 bits per heavy atom. The fourth-order valence-electron chi connectivity index (χ4n) is 0.808. The van der Waals surface area contributed by atoms with E-state index in [1.165, 1.54) is 6.08 Å². The summed E-state index contributed by atoms with van der Waals surface area (Å²) < 4.78 is 0.880. The molecular formula is C8H9IN2O. The van der Waals surface area contributed by atoms with E-state index in [1.807, 2.05) is 0 Å². The van der Waals surface area contributed by atoms with Crippen LogP contribution >= 0.6 is 22.6 Å². The van der Waals surface area contributed by atoms with Crippen molar-refractivity contribution in [1.29, 1.82) is 0 Å². The van der Waals surface area contributed by atoms with Gasteiger partial charge < -0.3 is 10.8 Å². The van der Waals surface area contributed by atoms with Crippen LogP contribution in [0.3, 0.4) is 0 Å². The Labute approximate surface area is 84.5 Å². The van der Waals surface area contributed by atoms with Crippen LogP contribution in [0.4, 0.5) is 0 Å². The highest BCUT2D eigenvalue weighted by Crippen LogP contribution is 2.22. The quantitative estimate of drug-likeness (QED) is 0.637. The smallest absolute Gasteiger partial charge is 0.140 e. The van der Waals surface area contributed by atoms with E-state index in [2.05, 4.69) is 34.2 Å². The van der Waals surface area contributed by atoms with Crippen molar-refractivity contribution < 1.29 is 5.11 Å². The minimum Gasteiger partial charge on any atom is -0.506 e. The first-order valence-corrected chi connectivity index (χ1v) is 4.45. The van der Waals surface area contributed by atoms with E-state index in [-0.39, 0.29) is 5.75 Å². The van der Waals surface area contributed by atoms with Crippen LogP contribution in [0.15, 0.2) is 24.9 Å². The Bertz CT molecular complexity index is 301. The molecule has 0 aliphatic carbocycles. The number of nitrogens with two attached hydrogens (primary N) is 1. The number of rotatable bonds is 2. The standard InChI is InChI=1S/C8H9IN2O/c1-2-6(10)8-7(12)3-5(9)4-11-8/h2-4,6,12H,1,10H2. The van der Waals surface area contributed by atoms with Crippen LogP contribution in [-0.2, 0) is 0 Å². The molecule has 1 aromatic heterocycles. The van der Waals surface area contributed by atoms with Gasteiger partial charge in [0.15, 0.2) is 0 Å². The zero-order chi connectivity index (χ0) is 9.14. The molecule has 0 fully saturated rings. The summed E-state index contributed by atoms with van der Waals surface area (Å²) in [4.78, 5) is 3.99. The third-order valence-electron chi connectivity index (χ3n) is 1.43. The van der Waals surface area contributed by atoms with Crippen molar-refractivity contribution in [2.45, 2.75) is 6.04 Å². The molecule has 0 aromatic carbocycles. The van der Waals surface area contributed by atoms with Gasteiger partial charge in [-0.3, -0.25) is 4.98 Å². The molecule has 1 rings (SSSR count). The Morgan fingerprint density at radius 3 is 2.92 bits per heavy atom. The lowest BCUT2D eigenvalue weighted by Crippen LogP contribution is -2.08. The molecule has 1 unspecified atom stereocenters. The first-order chi connectivity index (χ1) is 5.65. The van der Waals surface area contributed by atoms with Gasteiger partial charge in [0.25, 0.3) is 0 Å². The molecule has 1 aromatic rings. The zero-order valence-electron chi connectivity index (χ0n) is 6.37. The lowest BCUT2D eigenvalue weighted by atomic mass is 10.2. The fraction of sp³-hybridized carbons (Fsp3) is 0.125. The molecule has 1 heterocycles. The second-order valence-corrected chi connectivity index (χ2v) is 3.57. The predicted molar refractivity (Wildman–Crippen MR) is 55.7 cm³/mol. The van der Waals surface area contributed by atoms with Gasteiger partial charge in [-0.2, -0.15) is 0 Å². The summed E-state index contributed by atoms with van der Waals surface area (Å²) in [5.41, 5.74) is 6.07. The van der Waals surface area contributed by atoms with Crippen LogP contribution < -0.4 is 5.73 Å². The molecule has 64 valence electrons. The second kappa shape index (κ2) is 3.86. The van der Waals surface area contributed by atoms with Gasteiger partial charge in [-0.25, -0.2) is 0 Å². The molecule has 0 bridgehead atoms. The molecule has 12 heavy (non-hydrogen) atoms. The summed E-state index contributed by atoms with van der Waals surface area (Å²) in [5.74, 6) is 0.120. The molecule has 0 spiro atoms. The third-order valence-corrected chi connectivity index (χ3v) is 2.02. The molecule has 1 atom stereocenters. The number of hydrogen-bond donors (Lipinski definition) is 2. The molecule has 4 heteroatoms. The van der Waals surface area contributed by atoms with Crippen molar-refractivity contribution >= 4 is 22.6 Å². The number of hydrogen-bond acceptors (Lipinski definition) is 3. The third kappa shape index (κ3) is 1.95. The van der Waals surface area contributed by atoms with Gasteiger partial charge in [-0.1, -0.05) is 6.08 Å². The summed E-state index contributed by atoms with van der Waals surface area (Å²) in [5, 5.41) is 9.40. The minimum atomic E-state index is -0.401. The highest BCUT2D eigenvalue weighted by atomic mass is 127. The highest BCUT2D eigenvalue weighted by molar-refractivity contribution is 14.1. The first-order valence-electron chi connectivity index (χ1n) is 3.37. The average molecular weight is 276 g/mol. The number of pyridine rings is 1. The van der Waals surface area contributed by atoms with E-state index in [4.69, 9.17) is 5.73 Å². The van der Waals surface area contributed by atoms with Gasteiger partial charge in [0, 0.05) is 9.77 Å². The summed E-state index contributed by atoms with van der Waals surface area (Å²) in [6, 6.07) is 1.22. The van der Waals surface area contributed by atoms with Crippen molar-refractivity contribution in [1.82, 2.24) is 4.98 Å². The highest BCUT2D eigenvalue weighted by Gasteiger charge is 2.08. The number of aromatic hydroxyl groups is 1. The van der Waals surface area contributed by atoms with Crippen LogP contribution in [-0.4, -0.2) is 10.1 Å². The van der Waals surface area contributed by atoms with Crippen LogP contribution in [0.1, 0.15) is 11.7 Å². The van der Waals surface area contributed by atoms with E-state index in [0.717, 1.165) is 3.57 Å². The van der Waals surface area contributed by atoms with Crippen molar-refractivity contribution in [3.8, 4) is 5.75 Å². The zero-order valence-corrected chi connectivity index (χ0v) is 8.52. The van der Waals surface area contributed by atoms with E-state index in [0.29, 0.717) is 5.69 Å². The van der Waals surface area contributed by atoms with E-state index >= 15 is 0 Å². The molecule has 0 saturated heterocycles. The Kier molecular flexibility index (Phi) is 3.05. The van der Waals surface area contributed by atoms with E-state index in [1.54, 1.807) is 12.3 Å². The number of halogens is 1. The SMILES string of the molecule is C=CC(N)c1ncc(I)cc1O. The average Bonchev–Trinajstić information content (AvgIpc) is 2.03. The maximum atomic E-state index is 9.40. The van der Waals surface area contributed by atoms with Gasteiger partial charge in [-0.05, 0) is 28.7 Å². The Morgan fingerprint density at radius 1 is 1.75 bits per heavy atom. The second-order valence-electron chi connectivity index (χ2n) is 2.32. The Balaban J connectivity index is 3.09. The maximum Gasteiger partial charge on any atom is 0.140 e. The van der Waals surface area contributed by atoms with Crippen molar-refractivity contribution in [2.75, 3.05) is 0 Å². The molecule has 0 aliphatic rings. The lowest BCUT2D eigenvalue weighted by molar-refractivity contribution is 0.460. The lowest BCUT2D eigenvalue weighted by Gasteiger charge is -2.07. The predicted octanol–water partition coefficient (Wildman–Crippen LogP) is 1.58. The molecule has 0 amide bonds. The Hall–Kier alpha value is -0.620. The molecule has 3 N–H and O–H groups in total. The van der Waals surface area contributed by atoms with Gasteiger partial charge in [-0.15, -0.1) is 6.58 Å². The molecule has 0 saturated carbocycles. The summed E-state index contributed by atoms with van der Waals surface area (Å²) in [7, 11) is 0. The monoisotopic (exact) mass is 276 g/mol. The number of aromatic nitrogens is 1. The van der Waals surface area contributed by atoms with Crippen molar-refractivity contribution in [3.63, 3.8) is 0 Å². The van der Waals surface area contributed by atoms with Crippen LogP contribution in [0.2, 0.25) is 0 Å². The molecular weight excluding hydrogens is 267 g/mol. The fourth-order valence-corrected chi connectivity index (χ4v) is 1.24. The first kappa shape index (κ1) is 9.47. The molecule has 0 aliphatic heterocycles. The van der Waals surface area contributed by atoms with Gasteiger partial charge in [0.2, 0.25) is 0 Å². The van der Waals surface area contributed by atoms with E-state index in [9.17, 15) is 5.11 Å². The minimum absolute atomic E-state index is 0.120. The molecule has 3 nitrogen and oxygen atoms in total. The topological polar surface area (TPSA) is 59.1 Å². The molecule has 0 radical (unpaired) electrons. The van der Waals surface area contributed by atoms with Crippen molar-refractivity contribution in [3.05, 3.63) is 34.2 Å². The van der Waals surface area contributed by atoms with Crippen LogP contribution in [0, 0.1) is 3.57 Å². The maximum absolute atomic E-state index is 9.40. The number of nitrogens with zero attached hydrogens (tertiary/aromatic N) is 1. The largest absolute Gasteiger partial charge is 0.506 e. The van der Waals surface area contributed by atoms with Gasteiger partial charge in [0.1, 0.15) is 11.4 Å².